The Morgan fingerprint density at radius 2 is 2.10 bits per heavy atom. The van der Waals surface area contributed by atoms with Gasteiger partial charge in [0.2, 0.25) is 10.0 Å². The predicted molar refractivity (Wildman–Crippen MR) is 86.5 cm³/mol. The van der Waals surface area contributed by atoms with Crippen LogP contribution < -0.4 is 5.32 Å². The summed E-state index contributed by atoms with van der Waals surface area (Å²) in [6, 6.07) is 8.03. The average molecular weight is 310 g/mol. The smallest absolute Gasteiger partial charge is 0.218 e. The summed E-state index contributed by atoms with van der Waals surface area (Å²) >= 11 is 0. The van der Waals surface area contributed by atoms with Crippen molar-refractivity contribution in [2.45, 2.75) is 51.4 Å². The highest BCUT2D eigenvalue weighted by atomic mass is 32.2. The number of rotatable bonds is 7. The zero-order chi connectivity index (χ0) is 15.3. The lowest BCUT2D eigenvalue weighted by Crippen LogP contribution is -2.34. The zero-order valence-corrected chi connectivity index (χ0v) is 13.8. The van der Waals surface area contributed by atoms with Crippen molar-refractivity contribution in [1.29, 1.82) is 0 Å². The molecule has 1 unspecified atom stereocenters. The molecule has 1 heterocycles. The Kier molecular flexibility index (Phi) is 5.79. The van der Waals surface area contributed by atoms with E-state index in [-0.39, 0.29) is 11.8 Å². The van der Waals surface area contributed by atoms with E-state index in [2.05, 4.69) is 12.2 Å². The Morgan fingerprint density at radius 1 is 1.33 bits per heavy atom. The third-order valence-electron chi connectivity index (χ3n) is 3.95. The molecule has 21 heavy (non-hydrogen) atoms. The molecule has 1 aromatic rings. The maximum Gasteiger partial charge on any atom is 0.218 e. The van der Waals surface area contributed by atoms with Gasteiger partial charge in [-0.15, -0.1) is 0 Å². The normalized spacial score (nSPS) is 20.0. The SMILES string of the molecule is CCCNCc1cccc(CS(=O)(=O)N2CCCC2C)c1. The minimum atomic E-state index is -3.19. The lowest BCUT2D eigenvalue weighted by atomic mass is 10.1. The molecule has 0 aliphatic carbocycles. The molecule has 0 aromatic heterocycles. The number of hydrogen-bond donors (Lipinski definition) is 1. The molecular weight excluding hydrogens is 284 g/mol. The second-order valence-electron chi connectivity index (χ2n) is 5.85. The molecule has 1 aliphatic rings. The van der Waals surface area contributed by atoms with E-state index in [4.69, 9.17) is 0 Å². The number of benzene rings is 1. The summed E-state index contributed by atoms with van der Waals surface area (Å²) in [7, 11) is -3.19. The lowest BCUT2D eigenvalue weighted by Gasteiger charge is -2.21. The van der Waals surface area contributed by atoms with Gasteiger partial charge in [-0.25, -0.2) is 8.42 Å². The molecule has 4 nitrogen and oxygen atoms in total. The highest BCUT2D eigenvalue weighted by molar-refractivity contribution is 7.88. The third-order valence-corrected chi connectivity index (χ3v) is 5.90. The van der Waals surface area contributed by atoms with E-state index in [1.807, 2.05) is 31.2 Å². The van der Waals surface area contributed by atoms with Crippen LogP contribution in [0.15, 0.2) is 24.3 Å². The summed E-state index contributed by atoms with van der Waals surface area (Å²) in [6.45, 7) is 6.57. The molecule has 1 fully saturated rings. The van der Waals surface area contributed by atoms with Gasteiger partial charge in [0, 0.05) is 19.1 Å². The van der Waals surface area contributed by atoms with Crippen molar-refractivity contribution in [3.63, 3.8) is 0 Å². The topological polar surface area (TPSA) is 49.4 Å². The summed E-state index contributed by atoms with van der Waals surface area (Å²) in [6.07, 6.45) is 3.04. The van der Waals surface area contributed by atoms with E-state index in [0.29, 0.717) is 6.54 Å². The summed E-state index contributed by atoms with van der Waals surface area (Å²) < 4.78 is 26.7. The van der Waals surface area contributed by atoms with Crippen molar-refractivity contribution in [3.05, 3.63) is 35.4 Å². The van der Waals surface area contributed by atoms with Crippen LogP contribution in [-0.2, 0) is 22.3 Å². The predicted octanol–water partition coefficient (Wildman–Crippen LogP) is 2.50. The van der Waals surface area contributed by atoms with Crippen LogP contribution in [0.25, 0.3) is 0 Å². The first-order valence-electron chi connectivity index (χ1n) is 7.81. The molecular formula is C16H26N2O2S. The number of sulfonamides is 1. The van der Waals surface area contributed by atoms with Crippen LogP contribution >= 0.6 is 0 Å². The largest absolute Gasteiger partial charge is 0.313 e. The van der Waals surface area contributed by atoms with Gasteiger partial charge in [-0.05, 0) is 43.9 Å². The van der Waals surface area contributed by atoms with Gasteiger partial charge in [0.15, 0.2) is 0 Å². The van der Waals surface area contributed by atoms with Crippen LogP contribution in [0, 0.1) is 0 Å². The van der Waals surface area contributed by atoms with Crippen molar-refractivity contribution in [2.75, 3.05) is 13.1 Å². The lowest BCUT2D eigenvalue weighted by molar-refractivity contribution is 0.407. The van der Waals surface area contributed by atoms with E-state index >= 15 is 0 Å². The molecule has 5 heteroatoms. The monoisotopic (exact) mass is 310 g/mol. The first-order valence-corrected chi connectivity index (χ1v) is 9.42. The van der Waals surface area contributed by atoms with Gasteiger partial charge in [0.05, 0.1) is 5.75 Å². The van der Waals surface area contributed by atoms with Gasteiger partial charge in [-0.1, -0.05) is 31.2 Å². The molecule has 1 saturated heterocycles. The highest BCUT2D eigenvalue weighted by Crippen LogP contribution is 2.23. The van der Waals surface area contributed by atoms with Crippen LogP contribution in [0.2, 0.25) is 0 Å². The highest BCUT2D eigenvalue weighted by Gasteiger charge is 2.31. The van der Waals surface area contributed by atoms with Crippen molar-refractivity contribution < 1.29 is 8.42 Å². The van der Waals surface area contributed by atoms with Crippen molar-refractivity contribution >= 4 is 10.0 Å². The second kappa shape index (κ2) is 7.38. The van der Waals surface area contributed by atoms with Crippen molar-refractivity contribution in [2.24, 2.45) is 0 Å². The van der Waals surface area contributed by atoms with E-state index < -0.39 is 10.0 Å². The molecule has 0 bridgehead atoms. The van der Waals surface area contributed by atoms with Crippen LogP contribution in [0.4, 0.5) is 0 Å². The molecule has 1 aromatic carbocycles. The molecule has 0 saturated carbocycles. The van der Waals surface area contributed by atoms with Crippen LogP contribution in [0.5, 0.6) is 0 Å². The van der Waals surface area contributed by atoms with Gasteiger partial charge in [0.25, 0.3) is 0 Å². The van der Waals surface area contributed by atoms with Crippen LogP contribution in [0.3, 0.4) is 0 Å². The van der Waals surface area contributed by atoms with E-state index in [1.165, 1.54) is 0 Å². The van der Waals surface area contributed by atoms with Gasteiger partial charge < -0.3 is 5.32 Å². The number of nitrogens with zero attached hydrogens (tertiary/aromatic N) is 1. The fourth-order valence-electron chi connectivity index (χ4n) is 2.85. The van der Waals surface area contributed by atoms with E-state index in [1.54, 1.807) is 4.31 Å². The quantitative estimate of drug-likeness (QED) is 0.787. The minimum Gasteiger partial charge on any atom is -0.313 e. The van der Waals surface area contributed by atoms with Crippen LogP contribution in [-0.4, -0.2) is 31.9 Å². The summed E-state index contributed by atoms with van der Waals surface area (Å²) in [5.41, 5.74) is 2.02. The van der Waals surface area contributed by atoms with Crippen molar-refractivity contribution in [1.82, 2.24) is 9.62 Å². The molecule has 0 radical (unpaired) electrons. The molecule has 1 atom stereocenters. The maximum absolute atomic E-state index is 12.5. The Labute approximate surface area is 128 Å². The zero-order valence-electron chi connectivity index (χ0n) is 13.0. The maximum atomic E-state index is 12.5. The van der Waals surface area contributed by atoms with Gasteiger partial charge in [-0.2, -0.15) is 4.31 Å². The fraction of sp³-hybridized carbons (Fsp3) is 0.625. The summed E-state index contributed by atoms with van der Waals surface area (Å²) in [4.78, 5) is 0. The first-order chi connectivity index (χ1) is 10.0. The average Bonchev–Trinajstić information content (AvgIpc) is 2.86. The Bertz CT molecular complexity index is 557. The van der Waals surface area contributed by atoms with Crippen LogP contribution in [0.1, 0.15) is 44.2 Å². The fourth-order valence-corrected chi connectivity index (χ4v) is 4.68. The molecule has 118 valence electrons. The summed E-state index contributed by atoms with van der Waals surface area (Å²) in [5.74, 6) is 0.110. The van der Waals surface area contributed by atoms with Gasteiger partial charge >= 0.3 is 0 Å². The molecule has 1 aliphatic heterocycles. The Hall–Kier alpha value is -0.910. The summed E-state index contributed by atoms with van der Waals surface area (Å²) in [5, 5.41) is 3.34. The Balaban J connectivity index is 2.03. The molecule has 0 amide bonds. The third kappa shape index (κ3) is 4.53. The second-order valence-corrected chi connectivity index (χ2v) is 7.78. The molecule has 1 N–H and O–H groups in total. The first kappa shape index (κ1) is 16.5. The molecule has 0 spiro atoms. The van der Waals surface area contributed by atoms with E-state index in [0.717, 1.165) is 43.5 Å². The van der Waals surface area contributed by atoms with Gasteiger partial charge in [0.1, 0.15) is 0 Å². The van der Waals surface area contributed by atoms with Gasteiger partial charge in [-0.3, -0.25) is 0 Å². The van der Waals surface area contributed by atoms with Crippen molar-refractivity contribution in [3.8, 4) is 0 Å². The van der Waals surface area contributed by atoms with E-state index in [9.17, 15) is 8.42 Å². The number of nitrogens with one attached hydrogen (secondary N) is 1. The molecule has 2 rings (SSSR count). The Morgan fingerprint density at radius 3 is 2.76 bits per heavy atom. The minimum absolute atomic E-state index is 0.110. The number of hydrogen-bond acceptors (Lipinski definition) is 3. The standard InChI is InChI=1S/C16H26N2O2S/c1-3-9-17-12-15-7-4-8-16(11-15)13-21(19,20)18-10-5-6-14(18)2/h4,7-8,11,14,17H,3,5-6,9-10,12-13H2,1-2H3.